The topological polar surface area (TPSA) is 55.1 Å². The van der Waals surface area contributed by atoms with Gasteiger partial charge in [0.15, 0.2) is 0 Å². The van der Waals surface area contributed by atoms with Crippen LogP contribution in [0.2, 0.25) is 0 Å². The summed E-state index contributed by atoms with van der Waals surface area (Å²) in [6.07, 6.45) is 1.87. The molecule has 2 atom stereocenters. The van der Waals surface area contributed by atoms with Crippen LogP contribution < -0.4 is 11.1 Å². The number of benzene rings is 3. The number of hydrogen-bond acceptors (Lipinski definition) is 2. The molecule has 0 saturated heterocycles. The van der Waals surface area contributed by atoms with Crippen molar-refractivity contribution in [3.05, 3.63) is 101 Å². The molecular weight excluding hydrogens is 320 g/mol. The molecule has 3 aromatic carbocycles. The predicted molar refractivity (Wildman–Crippen MR) is 105 cm³/mol. The van der Waals surface area contributed by atoms with Crippen LogP contribution in [0.3, 0.4) is 0 Å². The summed E-state index contributed by atoms with van der Waals surface area (Å²) in [6, 6.07) is 26.4. The Morgan fingerprint density at radius 1 is 0.923 bits per heavy atom. The molecule has 1 fully saturated rings. The van der Waals surface area contributed by atoms with Crippen LogP contribution in [0.1, 0.15) is 39.4 Å². The zero-order valence-corrected chi connectivity index (χ0v) is 14.6. The summed E-state index contributed by atoms with van der Waals surface area (Å²) >= 11 is 0. The fraction of sp³-hybridized carbons (Fsp3) is 0.174. The molecule has 4 rings (SSSR count). The number of nitrogens with two attached hydrogens (primary N) is 1. The highest BCUT2D eigenvalue weighted by molar-refractivity contribution is 6.04. The van der Waals surface area contributed by atoms with E-state index in [-0.39, 0.29) is 5.91 Å². The summed E-state index contributed by atoms with van der Waals surface area (Å²) in [6.45, 7) is 0. The Bertz CT molecular complexity index is 903. The molecule has 3 N–H and O–H groups in total. The van der Waals surface area contributed by atoms with Crippen molar-refractivity contribution in [2.45, 2.75) is 24.8 Å². The van der Waals surface area contributed by atoms with E-state index in [1.165, 1.54) is 11.1 Å². The van der Waals surface area contributed by atoms with Crippen molar-refractivity contribution < 1.29 is 4.79 Å². The molecule has 0 spiro atoms. The Morgan fingerprint density at radius 2 is 1.62 bits per heavy atom. The maximum absolute atomic E-state index is 12.6. The van der Waals surface area contributed by atoms with Crippen LogP contribution in [0, 0.1) is 0 Å². The van der Waals surface area contributed by atoms with Gasteiger partial charge in [-0.1, -0.05) is 54.6 Å². The lowest BCUT2D eigenvalue weighted by molar-refractivity contribution is 0.102. The van der Waals surface area contributed by atoms with Gasteiger partial charge >= 0.3 is 0 Å². The molecule has 130 valence electrons. The lowest BCUT2D eigenvalue weighted by Crippen LogP contribution is -2.12. The van der Waals surface area contributed by atoms with Crippen molar-refractivity contribution in [3.63, 3.8) is 0 Å². The van der Waals surface area contributed by atoms with Crippen molar-refractivity contribution in [2.75, 3.05) is 5.32 Å². The molecule has 1 amide bonds. The van der Waals surface area contributed by atoms with E-state index < -0.39 is 0 Å². The molecule has 3 aromatic rings. The van der Waals surface area contributed by atoms with Gasteiger partial charge in [-0.2, -0.15) is 0 Å². The van der Waals surface area contributed by atoms with Crippen molar-refractivity contribution >= 4 is 11.6 Å². The van der Waals surface area contributed by atoms with Crippen LogP contribution in [0.5, 0.6) is 0 Å². The predicted octanol–water partition coefficient (Wildman–Crippen LogP) is 4.34. The minimum absolute atomic E-state index is 0.0872. The average molecular weight is 342 g/mol. The Labute approximate surface area is 153 Å². The summed E-state index contributed by atoms with van der Waals surface area (Å²) < 4.78 is 0. The van der Waals surface area contributed by atoms with Crippen molar-refractivity contribution in [3.8, 4) is 0 Å². The first-order chi connectivity index (χ1) is 12.7. The summed E-state index contributed by atoms with van der Waals surface area (Å²) in [4.78, 5) is 12.6. The molecule has 0 aromatic heterocycles. The zero-order chi connectivity index (χ0) is 17.9. The second kappa shape index (κ2) is 7.14. The van der Waals surface area contributed by atoms with Crippen molar-refractivity contribution in [1.29, 1.82) is 0 Å². The first-order valence-corrected chi connectivity index (χ1v) is 8.99. The summed E-state index contributed by atoms with van der Waals surface area (Å²) in [5.74, 6) is 0.394. The van der Waals surface area contributed by atoms with Gasteiger partial charge in [0.1, 0.15) is 0 Å². The molecule has 1 aliphatic rings. The van der Waals surface area contributed by atoms with Crippen molar-refractivity contribution in [1.82, 2.24) is 0 Å². The Hall–Kier alpha value is -2.91. The Morgan fingerprint density at radius 3 is 2.31 bits per heavy atom. The van der Waals surface area contributed by atoms with Gasteiger partial charge in [0, 0.05) is 23.2 Å². The third-order valence-electron chi connectivity index (χ3n) is 4.88. The maximum Gasteiger partial charge on any atom is 0.255 e. The average Bonchev–Trinajstić information content (AvgIpc) is 3.40. The number of rotatable bonds is 5. The lowest BCUT2D eigenvalue weighted by Gasteiger charge is -2.08. The highest BCUT2D eigenvalue weighted by Crippen LogP contribution is 2.39. The normalized spacial score (nSPS) is 18.3. The first-order valence-electron chi connectivity index (χ1n) is 8.99. The van der Waals surface area contributed by atoms with Crippen LogP contribution in [-0.4, -0.2) is 11.9 Å². The maximum atomic E-state index is 12.6. The SMILES string of the molecule is N[C@@H]1C[C@H]1c1ccc(NC(=O)c2cccc(Cc3ccccc3)c2)cc1. The molecule has 0 unspecified atom stereocenters. The van der Waals surface area contributed by atoms with Gasteiger partial charge in [-0.25, -0.2) is 0 Å². The largest absolute Gasteiger partial charge is 0.327 e. The first kappa shape index (κ1) is 16.6. The van der Waals surface area contributed by atoms with Gasteiger partial charge < -0.3 is 11.1 Å². The molecule has 0 heterocycles. The second-order valence-corrected chi connectivity index (χ2v) is 6.94. The molecule has 0 radical (unpaired) electrons. The van der Waals surface area contributed by atoms with E-state index in [0.717, 1.165) is 24.1 Å². The lowest BCUT2D eigenvalue weighted by atomic mass is 10.0. The molecule has 1 aliphatic carbocycles. The van der Waals surface area contributed by atoms with Crippen LogP contribution >= 0.6 is 0 Å². The third-order valence-corrected chi connectivity index (χ3v) is 4.88. The summed E-state index contributed by atoms with van der Waals surface area (Å²) in [5, 5.41) is 2.98. The highest BCUT2D eigenvalue weighted by atomic mass is 16.1. The number of nitrogens with one attached hydrogen (secondary N) is 1. The minimum atomic E-state index is -0.0872. The summed E-state index contributed by atoms with van der Waals surface area (Å²) in [7, 11) is 0. The molecule has 1 saturated carbocycles. The van der Waals surface area contributed by atoms with E-state index in [1.54, 1.807) is 0 Å². The quantitative estimate of drug-likeness (QED) is 0.724. The molecule has 0 bridgehead atoms. The van der Waals surface area contributed by atoms with Gasteiger partial charge in [0.05, 0.1) is 0 Å². The number of hydrogen-bond donors (Lipinski definition) is 2. The van der Waals surface area contributed by atoms with Gasteiger partial charge in [-0.15, -0.1) is 0 Å². The minimum Gasteiger partial charge on any atom is -0.327 e. The molecule has 0 aliphatic heterocycles. The van der Waals surface area contributed by atoms with E-state index in [1.807, 2.05) is 48.5 Å². The van der Waals surface area contributed by atoms with E-state index in [0.29, 0.717) is 17.5 Å². The fourth-order valence-corrected chi connectivity index (χ4v) is 3.27. The molecule has 3 nitrogen and oxygen atoms in total. The van der Waals surface area contributed by atoms with Crippen LogP contribution in [0.4, 0.5) is 5.69 Å². The van der Waals surface area contributed by atoms with Gasteiger partial charge in [0.25, 0.3) is 5.91 Å². The number of amides is 1. The third kappa shape index (κ3) is 3.84. The second-order valence-electron chi connectivity index (χ2n) is 6.94. The van der Waals surface area contributed by atoms with Gasteiger partial charge in [0.2, 0.25) is 0 Å². The van der Waals surface area contributed by atoms with Crippen LogP contribution in [0.15, 0.2) is 78.9 Å². The summed E-state index contributed by atoms with van der Waals surface area (Å²) in [5.41, 5.74) is 11.0. The number of carbonyl (C=O) groups is 1. The Balaban J connectivity index is 1.43. The highest BCUT2D eigenvalue weighted by Gasteiger charge is 2.34. The fourth-order valence-electron chi connectivity index (χ4n) is 3.27. The number of carbonyl (C=O) groups excluding carboxylic acids is 1. The smallest absolute Gasteiger partial charge is 0.255 e. The Kier molecular flexibility index (Phi) is 4.55. The van der Waals surface area contributed by atoms with E-state index in [2.05, 4.69) is 35.6 Å². The molecular formula is C23H22N2O. The standard InChI is InChI=1S/C23H22N2O/c24-22-15-21(22)18-9-11-20(12-10-18)25-23(26)19-8-4-7-17(14-19)13-16-5-2-1-3-6-16/h1-12,14,21-22H,13,15,24H2,(H,25,26)/t21-,22+/m0/s1. The molecule has 3 heteroatoms. The monoisotopic (exact) mass is 342 g/mol. The zero-order valence-electron chi connectivity index (χ0n) is 14.6. The van der Waals surface area contributed by atoms with E-state index in [4.69, 9.17) is 5.73 Å². The van der Waals surface area contributed by atoms with Crippen LogP contribution in [0.25, 0.3) is 0 Å². The van der Waals surface area contributed by atoms with Gasteiger partial charge in [-0.3, -0.25) is 4.79 Å². The van der Waals surface area contributed by atoms with Crippen LogP contribution in [-0.2, 0) is 6.42 Å². The van der Waals surface area contributed by atoms with E-state index >= 15 is 0 Å². The van der Waals surface area contributed by atoms with E-state index in [9.17, 15) is 4.79 Å². The molecule has 26 heavy (non-hydrogen) atoms. The van der Waals surface area contributed by atoms with Crippen molar-refractivity contribution in [2.24, 2.45) is 5.73 Å². The van der Waals surface area contributed by atoms with Gasteiger partial charge in [-0.05, 0) is 53.8 Å². The number of anilines is 1.